The Kier molecular flexibility index (Phi) is 5.86. The number of amides is 1. The van der Waals surface area contributed by atoms with Crippen molar-refractivity contribution < 1.29 is 24.0 Å². The summed E-state index contributed by atoms with van der Waals surface area (Å²) >= 11 is 0. The van der Waals surface area contributed by atoms with Crippen molar-refractivity contribution in [2.75, 3.05) is 5.32 Å². The fraction of sp³-hybridized carbons (Fsp3) is 0.150. The number of hydrogen-bond donors (Lipinski definition) is 2. The molecule has 0 atom stereocenters. The van der Waals surface area contributed by atoms with Crippen LogP contribution >= 0.6 is 0 Å². The minimum absolute atomic E-state index is 0.0940. The van der Waals surface area contributed by atoms with Gasteiger partial charge in [-0.25, -0.2) is 4.39 Å². The molecule has 2 N–H and O–H groups in total. The van der Waals surface area contributed by atoms with Gasteiger partial charge in [-0.05, 0) is 17.2 Å². The molecule has 0 spiro atoms. The molecule has 9 nitrogen and oxygen atoms in total. The predicted molar refractivity (Wildman–Crippen MR) is 105 cm³/mol. The van der Waals surface area contributed by atoms with Crippen LogP contribution in [0.5, 0.6) is 0 Å². The van der Waals surface area contributed by atoms with Crippen LogP contribution in [0.25, 0.3) is 11.1 Å². The van der Waals surface area contributed by atoms with Crippen LogP contribution < -0.4 is 5.32 Å². The van der Waals surface area contributed by atoms with E-state index in [0.29, 0.717) is 22.5 Å². The maximum Gasteiger partial charge on any atom is 0.307 e. The number of aliphatic carboxylic acids is 1. The lowest BCUT2D eigenvalue weighted by atomic mass is 10.0. The van der Waals surface area contributed by atoms with Crippen molar-refractivity contribution in [1.82, 2.24) is 9.78 Å². The number of carbonyl (C=O) groups excluding carboxylic acids is 1. The summed E-state index contributed by atoms with van der Waals surface area (Å²) in [6.07, 6.45) is 1.04. The second kappa shape index (κ2) is 8.52. The Morgan fingerprint density at radius 2 is 1.90 bits per heavy atom. The number of nitro benzene ring substituents is 1. The molecule has 0 radical (unpaired) electrons. The molecule has 154 valence electrons. The Morgan fingerprint density at radius 1 is 1.20 bits per heavy atom. The first-order valence-electron chi connectivity index (χ1n) is 8.80. The van der Waals surface area contributed by atoms with Gasteiger partial charge in [0.25, 0.3) is 5.69 Å². The zero-order chi connectivity index (χ0) is 21.8. The van der Waals surface area contributed by atoms with Crippen LogP contribution in [-0.2, 0) is 29.5 Å². The van der Waals surface area contributed by atoms with E-state index in [4.69, 9.17) is 5.11 Å². The number of nitro groups is 1. The molecule has 0 saturated carbocycles. The normalized spacial score (nSPS) is 10.6. The van der Waals surface area contributed by atoms with E-state index in [9.17, 15) is 24.1 Å². The van der Waals surface area contributed by atoms with E-state index in [2.05, 4.69) is 10.4 Å². The molecular formula is C20H17FN4O5. The quantitative estimate of drug-likeness (QED) is 0.454. The fourth-order valence-corrected chi connectivity index (χ4v) is 2.93. The monoisotopic (exact) mass is 412 g/mol. The summed E-state index contributed by atoms with van der Waals surface area (Å²) in [4.78, 5) is 33.5. The van der Waals surface area contributed by atoms with Gasteiger partial charge in [-0.3, -0.25) is 24.4 Å². The molecular weight excluding hydrogens is 395 g/mol. The van der Waals surface area contributed by atoms with Crippen LogP contribution in [0.1, 0.15) is 11.1 Å². The molecule has 3 aromatic rings. The van der Waals surface area contributed by atoms with Crippen LogP contribution in [-0.4, -0.2) is 31.7 Å². The van der Waals surface area contributed by atoms with Crippen molar-refractivity contribution in [2.45, 2.75) is 12.8 Å². The molecule has 0 saturated heterocycles. The van der Waals surface area contributed by atoms with Crippen molar-refractivity contribution in [3.8, 4) is 11.1 Å². The summed E-state index contributed by atoms with van der Waals surface area (Å²) in [6, 6.07) is 9.77. The molecule has 3 rings (SSSR count). The SMILES string of the molecule is Cn1ncc(-c2ccc(CC(=O)O)cc2)c1NC(=O)Cc1cc([N+](=O)[O-])ccc1F. The number of rotatable bonds is 7. The molecule has 1 heterocycles. The third kappa shape index (κ3) is 4.66. The molecule has 1 aromatic heterocycles. The van der Waals surface area contributed by atoms with Gasteiger partial charge in [-0.15, -0.1) is 0 Å². The highest BCUT2D eigenvalue weighted by atomic mass is 19.1. The van der Waals surface area contributed by atoms with Gasteiger partial charge in [0.05, 0.1) is 24.0 Å². The molecule has 30 heavy (non-hydrogen) atoms. The summed E-state index contributed by atoms with van der Waals surface area (Å²) in [6.45, 7) is 0. The summed E-state index contributed by atoms with van der Waals surface area (Å²) in [7, 11) is 1.62. The van der Waals surface area contributed by atoms with Crippen LogP contribution in [0, 0.1) is 15.9 Å². The highest BCUT2D eigenvalue weighted by Gasteiger charge is 2.17. The van der Waals surface area contributed by atoms with Gasteiger partial charge in [-0.2, -0.15) is 5.10 Å². The zero-order valence-corrected chi connectivity index (χ0v) is 15.8. The number of nitrogens with zero attached hydrogens (tertiary/aromatic N) is 3. The number of carbonyl (C=O) groups is 2. The van der Waals surface area contributed by atoms with Gasteiger partial charge in [-0.1, -0.05) is 24.3 Å². The van der Waals surface area contributed by atoms with Gasteiger partial charge < -0.3 is 10.4 Å². The maximum absolute atomic E-state index is 14.0. The molecule has 0 bridgehead atoms. The van der Waals surface area contributed by atoms with Crippen LogP contribution in [0.3, 0.4) is 0 Å². The lowest BCUT2D eigenvalue weighted by molar-refractivity contribution is -0.385. The largest absolute Gasteiger partial charge is 0.481 e. The van der Waals surface area contributed by atoms with Gasteiger partial charge in [0, 0.05) is 30.3 Å². The van der Waals surface area contributed by atoms with E-state index in [1.807, 2.05) is 0 Å². The molecule has 0 aliphatic rings. The Balaban J connectivity index is 1.80. The number of carboxylic acids is 1. The fourth-order valence-electron chi connectivity index (χ4n) is 2.93. The number of anilines is 1. The lowest BCUT2D eigenvalue weighted by Crippen LogP contribution is -2.18. The molecule has 0 aliphatic heterocycles. The minimum Gasteiger partial charge on any atom is -0.481 e. The molecule has 0 fully saturated rings. The van der Waals surface area contributed by atoms with E-state index in [1.54, 1.807) is 31.3 Å². The van der Waals surface area contributed by atoms with Crippen molar-refractivity contribution in [2.24, 2.45) is 7.05 Å². The number of carboxylic acid groups (broad SMARTS) is 1. The Labute approximate surface area is 169 Å². The third-order valence-electron chi connectivity index (χ3n) is 4.41. The van der Waals surface area contributed by atoms with E-state index in [0.717, 1.165) is 18.2 Å². The van der Waals surface area contributed by atoms with E-state index < -0.39 is 29.0 Å². The maximum atomic E-state index is 14.0. The Morgan fingerprint density at radius 3 is 2.53 bits per heavy atom. The van der Waals surface area contributed by atoms with Crippen LogP contribution in [0.4, 0.5) is 15.9 Å². The summed E-state index contributed by atoms with van der Waals surface area (Å²) in [5, 5.41) is 26.5. The number of hydrogen-bond acceptors (Lipinski definition) is 5. The molecule has 10 heteroatoms. The molecule has 2 aromatic carbocycles. The van der Waals surface area contributed by atoms with Gasteiger partial charge in [0.15, 0.2) is 0 Å². The topological polar surface area (TPSA) is 127 Å². The highest BCUT2D eigenvalue weighted by Crippen LogP contribution is 2.28. The van der Waals surface area contributed by atoms with E-state index in [-0.39, 0.29) is 17.7 Å². The molecule has 0 unspecified atom stereocenters. The van der Waals surface area contributed by atoms with Crippen molar-refractivity contribution in [1.29, 1.82) is 0 Å². The number of aromatic nitrogens is 2. The summed E-state index contributed by atoms with van der Waals surface area (Å²) in [5.74, 6) is -1.86. The van der Waals surface area contributed by atoms with Crippen molar-refractivity contribution in [3.05, 3.63) is 75.7 Å². The first-order valence-corrected chi connectivity index (χ1v) is 8.80. The van der Waals surface area contributed by atoms with E-state index >= 15 is 0 Å². The number of halogens is 1. The average Bonchev–Trinajstić information content (AvgIpc) is 3.04. The minimum atomic E-state index is -0.939. The first kappa shape index (κ1) is 20.6. The smallest absolute Gasteiger partial charge is 0.307 e. The van der Waals surface area contributed by atoms with Gasteiger partial charge >= 0.3 is 5.97 Å². The van der Waals surface area contributed by atoms with E-state index in [1.165, 1.54) is 10.9 Å². The number of non-ortho nitro benzene ring substituents is 1. The second-order valence-electron chi connectivity index (χ2n) is 6.56. The number of benzene rings is 2. The average molecular weight is 412 g/mol. The van der Waals surface area contributed by atoms with Crippen molar-refractivity contribution >= 4 is 23.4 Å². The summed E-state index contributed by atoms with van der Waals surface area (Å²) in [5.41, 5.74) is 1.52. The lowest BCUT2D eigenvalue weighted by Gasteiger charge is -2.10. The molecule has 0 aliphatic carbocycles. The Bertz CT molecular complexity index is 1120. The number of aryl methyl sites for hydroxylation is 1. The predicted octanol–water partition coefficient (Wildman–Crippen LogP) is 2.94. The second-order valence-corrected chi connectivity index (χ2v) is 6.56. The zero-order valence-electron chi connectivity index (χ0n) is 15.8. The Hall–Kier alpha value is -4.08. The first-order chi connectivity index (χ1) is 14.2. The summed E-state index contributed by atoms with van der Waals surface area (Å²) < 4.78 is 15.4. The van der Waals surface area contributed by atoms with Crippen LogP contribution in [0.15, 0.2) is 48.7 Å². The van der Waals surface area contributed by atoms with Gasteiger partial charge in [0.2, 0.25) is 5.91 Å². The highest BCUT2D eigenvalue weighted by molar-refractivity contribution is 5.95. The van der Waals surface area contributed by atoms with Crippen LogP contribution in [0.2, 0.25) is 0 Å². The molecule has 1 amide bonds. The number of nitrogens with one attached hydrogen (secondary N) is 1. The third-order valence-corrected chi connectivity index (χ3v) is 4.41. The van der Waals surface area contributed by atoms with Gasteiger partial charge in [0.1, 0.15) is 11.6 Å². The standard InChI is InChI=1S/C20H17FN4O5/c1-24-20(16(11-22-24)13-4-2-12(3-5-13)8-19(27)28)23-18(26)10-14-9-15(25(29)30)6-7-17(14)21/h2-7,9,11H,8,10H2,1H3,(H,23,26)(H,27,28). The van der Waals surface area contributed by atoms with Crippen molar-refractivity contribution in [3.63, 3.8) is 0 Å².